The maximum atomic E-state index is 12.6. The Bertz CT molecular complexity index is 736. The van der Waals surface area contributed by atoms with Crippen LogP contribution in [0.25, 0.3) is 5.69 Å². The van der Waals surface area contributed by atoms with Crippen LogP contribution in [-0.2, 0) is 12.8 Å². The monoisotopic (exact) mass is 310 g/mol. The first kappa shape index (κ1) is 14.5. The van der Waals surface area contributed by atoms with Gasteiger partial charge in [0, 0.05) is 25.3 Å². The van der Waals surface area contributed by atoms with Gasteiger partial charge in [-0.3, -0.25) is 4.79 Å². The van der Waals surface area contributed by atoms with Gasteiger partial charge in [-0.2, -0.15) is 5.10 Å². The molecular formula is C18H22N4O. The number of amides is 1. The molecule has 1 atom stereocenters. The fraction of sp³-hybridized carbons (Fsp3) is 0.444. The molecule has 5 nitrogen and oxygen atoms in total. The number of aromatic nitrogens is 2. The molecule has 2 N–H and O–H groups in total. The maximum absolute atomic E-state index is 12.6. The van der Waals surface area contributed by atoms with Gasteiger partial charge in [-0.15, -0.1) is 0 Å². The first-order chi connectivity index (χ1) is 11.2. The third kappa shape index (κ3) is 2.77. The lowest BCUT2D eigenvalue weighted by atomic mass is 10.1. The lowest BCUT2D eigenvalue weighted by Crippen LogP contribution is -2.45. The molecule has 5 heteroatoms. The molecule has 1 aliphatic carbocycles. The number of carbonyl (C=O) groups excluding carboxylic acids is 1. The molecule has 0 saturated carbocycles. The highest BCUT2D eigenvalue weighted by atomic mass is 16.2. The van der Waals surface area contributed by atoms with Crippen molar-refractivity contribution in [1.29, 1.82) is 0 Å². The van der Waals surface area contributed by atoms with Crippen molar-refractivity contribution in [2.75, 3.05) is 13.1 Å². The molecule has 0 spiro atoms. The predicted molar refractivity (Wildman–Crippen MR) is 88.7 cm³/mol. The van der Waals surface area contributed by atoms with E-state index in [0.29, 0.717) is 12.2 Å². The Morgan fingerprint density at radius 2 is 2.04 bits per heavy atom. The Hall–Kier alpha value is -2.14. The van der Waals surface area contributed by atoms with Gasteiger partial charge in [-0.1, -0.05) is 6.07 Å². The van der Waals surface area contributed by atoms with Crippen molar-refractivity contribution in [3.8, 4) is 5.69 Å². The number of hydrogen-bond acceptors (Lipinski definition) is 3. The van der Waals surface area contributed by atoms with E-state index in [9.17, 15) is 4.79 Å². The fourth-order valence-corrected chi connectivity index (χ4v) is 3.64. The zero-order valence-electron chi connectivity index (χ0n) is 13.2. The van der Waals surface area contributed by atoms with Crippen LogP contribution in [0.5, 0.6) is 0 Å². The van der Waals surface area contributed by atoms with Crippen molar-refractivity contribution in [2.45, 2.75) is 38.1 Å². The van der Waals surface area contributed by atoms with Crippen LogP contribution in [0.4, 0.5) is 0 Å². The summed E-state index contributed by atoms with van der Waals surface area (Å²) in [5.41, 5.74) is 10.4. The van der Waals surface area contributed by atoms with Crippen molar-refractivity contribution in [3.63, 3.8) is 0 Å². The predicted octanol–water partition coefficient (Wildman–Crippen LogP) is 1.92. The van der Waals surface area contributed by atoms with E-state index >= 15 is 0 Å². The second kappa shape index (κ2) is 5.81. The van der Waals surface area contributed by atoms with E-state index in [1.54, 1.807) is 10.7 Å². The molecule has 2 aliphatic rings. The van der Waals surface area contributed by atoms with Gasteiger partial charge in [0.05, 0.1) is 5.69 Å². The molecule has 0 bridgehead atoms. The molecule has 1 aromatic heterocycles. The van der Waals surface area contributed by atoms with Gasteiger partial charge in [-0.25, -0.2) is 4.68 Å². The number of carbonyl (C=O) groups is 1. The molecule has 1 aromatic carbocycles. The zero-order chi connectivity index (χ0) is 15.8. The van der Waals surface area contributed by atoms with Gasteiger partial charge in [0.15, 0.2) is 5.69 Å². The summed E-state index contributed by atoms with van der Waals surface area (Å²) in [7, 11) is 0. The van der Waals surface area contributed by atoms with Crippen molar-refractivity contribution in [1.82, 2.24) is 14.7 Å². The first-order valence-electron chi connectivity index (χ1n) is 8.43. The zero-order valence-corrected chi connectivity index (χ0v) is 13.2. The van der Waals surface area contributed by atoms with Gasteiger partial charge in [0.25, 0.3) is 5.91 Å². The largest absolute Gasteiger partial charge is 0.336 e. The molecule has 2 heterocycles. The highest BCUT2D eigenvalue weighted by Crippen LogP contribution is 2.24. The van der Waals surface area contributed by atoms with Crippen LogP contribution in [0.1, 0.15) is 40.9 Å². The number of fused-ring (bicyclic) bond motifs is 1. The molecule has 4 rings (SSSR count). The van der Waals surface area contributed by atoms with Gasteiger partial charge < -0.3 is 10.6 Å². The van der Waals surface area contributed by atoms with Crippen molar-refractivity contribution in [2.24, 2.45) is 5.73 Å². The Labute approximate surface area is 136 Å². The minimum absolute atomic E-state index is 0.0138. The van der Waals surface area contributed by atoms with Crippen LogP contribution in [-0.4, -0.2) is 39.7 Å². The Kier molecular flexibility index (Phi) is 3.65. The lowest BCUT2D eigenvalue weighted by molar-refractivity contribution is 0.0702. The summed E-state index contributed by atoms with van der Waals surface area (Å²) >= 11 is 0. The average Bonchev–Trinajstić information content (AvgIpc) is 3.22. The van der Waals surface area contributed by atoms with E-state index in [1.807, 2.05) is 11.1 Å². The Balaban J connectivity index is 1.55. The summed E-state index contributed by atoms with van der Waals surface area (Å²) in [6.45, 7) is 1.41. The van der Waals surface area contributed by atoms with Crippen LogP contribution in [0.15, 0.2) is 30.5 Å². The van der Waals surface area contributed by atoms with Crippen LogP contribution in [0.2, 0.25) is 0 Å². The average molecular weight is 310 g/mol. The van der Waals surface area contributed by atoms with E-state index < -0.39 is 0 Å². The molecular weight excluding hydrogens is 288 g/mol. The van der Waals surface area contributed by atoms with E-state index in [0.717, 1.165) is 31.5 Å². The maximum Gasteiger partial charge on any atom is 0.274 e. The standard InChI is InChI=1S/C18H22N4O/c19-15-5-2-9-21(12-15)18(23)17-8-10-22(20-17)16-7-6-13-3-1-4-14(13)11-16/h6-8,10-11,15H,1-5,9,12,19H2. The fourth-order valence-electron chi connectivity index (χ4n) is 3.64. The second-order valence-electron chi connectivity index (χ2n) is 6.61. The minimum atomic E-state index is -0.0138. The third-order valence-electron chi connectivity index (χ3n) is 4.90. The lowest BCUT2D eigenvalue weighted by Gasteiger charge is -2.30. The van der Waals surface area contributed by atoms with E-state index in [2.05, 4.69) is 23.3 Å². The van der Waals surface area contributed by atoms with Crippen LogP contribution in [0, 0.1) is 0 Å². The molecule has 1 aliphatic heterocycles. The number of piperidine rings is 1. The van der Waals surface area contributed by atoms with E-state index in [-0.39, 0.29) is 11.9 Å². The third-order valence-corrected chi connectivity index (χ3v) is 4.90. The molecule has 1 amide bonds. The number of hydrogen-bond donors (Lipinski definition) is 1. The molecule has 1 fully saturated rings. The topological polar surface area (TPSA) is 64.2 Å². The van der Waals surface area contributed by atoms with Crippen molar-refractivity contribution >= 4 is 5.91 Å². The summed E-state index contributed by atoms with van der Waals surface area (Å²) in [5.74, 6) is -0.0138. The van der Waals surface area contributed by atoms with Gasteiger partial charge in [-0.05, 0) is 61.4 Å². The van der Waals surface area contributed by atoms with Crippen molar-refractivity contribution < 1.29 is 4.79 Å². The van der Waals surface area contributed by atoms with Crippen LogP contribution in [0.3, 0.4) is 0 Å². The quantitative estimate of drug-likeness (QED) is 0.922. The molecule has 120 valence electrons. The summed E-state index contributed by atoms with van der Waals surface area (Å²) in [6, 6.07) is 8.36. The summed E-state index contributed by atoms with van der Waals surface area (Å²) in [4.78, 5) is 14.4. The van der Waals surface area contributed by atoms with Gasteiger partial charge in [0.1, 0.15) is 0 Å². The van der Waals surface area contributed by atoms with Crippen LogP contribution < -0.4 is 5.73 Å². The smallest absolute Gasteiger partial charge is 0.274 e. The number of nitrogens with two attached hydrogens (primary N) is 1. The molecule has 23 heavy (non-hydrogen) atoms. The van der Waals surface area contributed by atoms with E-state index in [4.69, 9.17) is 5.73 Å². The van der Waals surface area contributed by atoms with Gasteiger partial charge >= 0.3 is 0 Å². The van der Waals surface area contributed by atoms with Gasteiger partial charge in [0.2, 0.25) is 0 Å². The van der Waals surface area contributed by atoms with E-state index in [1.165, 1.54) is 24.0 Å². The molecule has 2 aromatic rings. The second-order valence-corrected chi connectivity index (χ2v) is 6.61. The summed E-state index contributed by atoms with van der Waals surface area (Å²) in [5, 5.41) is 4.49. The minimum Gasteiger partial charge on any atom is -0.336 e. The number of rotatable bonds is 2. The highest BCUT2D eigenvalue weighted by Gasteiger charge is 2.24. The SMILES string of the molecule is NC1CCCN(C(=O)c2ccn(-c3ccc4c(c3)CCC4)n2)C1. The first-order valence-corrected chi connectivity index (χ1v) is 8.43. The molecule has 0 radical (unpaired) electrons. The number of nitrogens with zero attached hydrogens (tertiary/aromatic N) is 3. The molecule has 1 unspecified atom stereocenters. The molecule has 1 saturated heterocycles. The van der Waals surface area contributed by atoms with Crippen LogP contribution >= 0.6 is 0 Å². The Morgan fingerprint density at radius 1 is 1.17 bits per heavy atom. The summed E-state index contributed by atoms with van der Waals surface area (Å²) in [6.07, 6.45) is 7.38. The normalized spacial score (nSPS) is 20.6. The number of aryl methyl sites for hydroxylation is 2. The summed E-state index contributed by atoms with van der Waals surface area (Å²) < 4.78 is 1.80. The highest BCUT2D eigenvalue weighted by molar-refractivity contribution is 5.92. The van der Waals surface area contributed by atoms with Crippen molar-refractivity contribution in [3.05, 3.63) is 47.3 Å². The number of benzene rings is 1. The Morgan fingerprint density at radius 3 is 2.91 bits per heavy atom. The number of likely N-dealkylation sites (tertiary alicyclic amines) is 1.